The number of oxazole rings is 1. The predicted octanol–water partition coefficient (Wildman–Crippen LogP) is 5.63. The summed E-state index contributed by atoms with van der Waals surface area (Å²) >= 11 is 7.06. The van der Waals surface area contributed by atoms with Crippen LogP contribution >= 0.6 is 11.6 Å². The van der Waals surface area contributed by atoms with Crippen LogP contribution in [0.4, 0.5) is 10.8 Å². The van der Waals surface area contributed by atoms with Crippen molar-refractivity contribution < 1.29 is 37.7 Å². The highest BCUT2D eigenvalue weighted by Gasteiger charge is 2.49. The molecule has 15 nitrogen and oxygen atoms in total. The SMILES string of the molecule is CC(C)Nc1nc(-c2cc(O[C@@H]3C[C@@H](C(N)=O)N(C(=O)[C@@H](NC(=O)OC4C[C@@H]5C[C@@H]5C4)C(C)(C)C)C3)c3ccc(OCCN4CCOCC4(C)C)c(Cl)c3n2)co1. The Labute approximate surface area is 338 Å². The minimum absolute atomic E-state index is 0.0418. The lowest BCUT2D eigenvalue weighted by molar-refractivity contribution is -0.141. The number of likely N-dealkylation sites (tertiary alicyclic amines) is 1. The number of halogens is 1. The zero-order valence-electron chi connectivity index (χ0n) is 33.9. The van der Waals surface area contributed by atoms with E-state index in [-0.39, 0.29) is 30.7 Å². The Balaban J connectivity index is 1.13. The molecule has 2 saturated carbocycles. The highest BCUT2D eigenvalue weighted by Crippen LogP contribution is 2.52. The van der Waals surface area contributed by atoms with Crippen LogP contribution in [0.2, 0.25) is 5.02 Å². The molecule has 4 N–H and O–H groups in total. The van der Waals surface area contributed by atoms with Crippen molar-refractivity contribution in [2.24, 2.45) is 23.0 Å². The molecule has 57 heavy (non-hydrogen) atoms. The van der Waals surface area contributed by atoms with Crippen LogP contribution in [0.15, 0.2) is 28.9 Å². The number of hydrogen-bond donors (Lipinski definition) is 3. The van der Waals surface area contributed by atoms with E-state index in [0.717, 1.165) is 19.4 Å². The largest absolute Gasteiger partial charge is 0.491 e. The topological polar surface area (TPSA) is 184 Å². The molecular formula is C41H56ClN7O8. The van der Waals surface area contributed by atoms with Crippen molar-refractivity contribution in [3.63, 3.8) is 0 Å². The number of nitrogens with two attached hydrogens (primary N) is 1. The monoisotopic (exact) mass is 809 g/mol. The summed E-state index contributed by atoms with van der Waals surface area (Å²) in [5.74, 6) is 1.02. The van der Waals surface area contributed by atoms with Gasteiger partial charge in [-0.3, -0.25) is 14.5 Å². The lowest BCUT2D eigenvalue weighted by Gasteiger charge is -2.41. The molecule has 1 unspecified atom stereocenters. The van der Waals surface area contributed by atoms with Crippen molar-refractivity contribution >= 4 is 46.4 Å². The Morgan fingerprint density at radius 3 is 2.49 bits per heavy atom. The Bertz CT molecular complexity index is 1970. The van der Waals surface area contributed by atoms with E-state index in [0.29, 0.717) is 83.0 Å². The van der Waals surface area contributed by atoms with Gasteiger partial charge in [0.1, 0.15) is 59.4 Å². The number of nitrogens with zero attached hydrogens (tertiary/aromatic N) is 4. The first-order valence-corrected chi connectivity index (χ1v) is 20.4. The number of fused-ring (bicyclic) bond motifs is 2. The first-order chi connectivity index (χ1) is 27.0. The fourth-order valence-corrected chi connectivity index (χ4v) is 8.54. The average molecular weight is 810 g/mol. The molecule has 16 heteroatoms. The number of primary amides is 1. The molecular weight excluding hydrogens is 754 g/mol. The molecule has 4 heterocycles. The Morgan fingerprint density at radius 1 is 1.05 bits per heavy atom. The van der Waals surface area contributed by atoms with Gasteiger partial charge in [0, 0.05) is 42.5 Å². The Kier molecular flexibility index (Phi) is 11.6. The van der Waals surface area contributed by atoms with Crippen LogP contribution in [0.1, 0.15) is 74.1 Å². The quantitative estimate of drug-likeness (QED) is 0.194. The maximum Gasteiger partial charge on any atom is 0.408 e. The molecule has 4 aliphatic rings. The fraction of sp³-hybridized carbons (Fsp3) is 0.634. The highest BCUT2D eigenvalue weighted by molar-refractivity contribution is 6.36. The maximum atomic E-state index is 14.3. The Hall–Kier alpha value is -4.34. The molecule has 3 amide bonds. The van der Waals surface area contributed by atoms with Gasteiger partial charge in [0.05, 0.1) is 31.0 Å². The number of alkyl carbamates (subject to hydrolysis) is 1. The summed E-state index contributed by atoms with van der Waals surface area (Å²) in [5.41, 5.74) is 6.38. The first kappa shape index (κ1) is 40.8. The second-order valence-electron chi connectivity index (χ2n) is 17.9. The number of carbonyl (C=O) groups is 3. The predicted molar refractivity (Wildman–Crippen MR) is 214 cm³/mol. The molecule has 0 bridgehead atoms. The van der Waals surface area contributed by atoms with Gasteiger partial charge in [0.15, 0.2) is 0 Å². The molecule has 4 fully saturated rings. The van der Waals surface area contributed by atoms with Crippen LogP contribution in [-0.2, 0) is 19.1 Å². The molecule has 2 aliphatic heterocycles. The summed E-state index contributed by atoms with van der Waals surface area (Å²) in [4.78, 5) is 53.5. The number of carbonyl (C=O) groups excluding carboxylic acids is 3. The first-order valence-electron chi connectivity index (χ1n) is 20.0. The second kappa shape index (κ2) is 16.1. The molecule has 6 atom stereocenters. The van der Waals surface area contributed by atoms with Gasteiger partial charge < -0.3 is 44.6 Å². The van der Waals surface area contributed by atoms with Crippen LogP contribution in [0.3, 0.4) is 0 Å². The van der Waals surface area contributed by atoms with Gasteiger partial charge in [-0.15, -0.1) is 0 Å². The lowest BCUT2D eigenvalue weighted by Crippen LogP contribution is -2.57. The number of aromatic nitrogens is 2. The summed E-state index contributed by atoms with van der Waals surface area (Å²) in [6.45, 7) is 17.1. The van der Waals surface area contributed by atoms with E-state index in [2.05, 4.69) is 34.4 Å². The lowest BCUT2D eigenvalue weighted by atomic mass is 9.85. The minimum atomic E-state index is -0.984. The number of nitrogens with one attached hydrogen (secondary N) is 2. The van der Waals surface area contributed by atoms with Gasteiger partial charge in [0.25, 0.3) is 6.01 Å². The molecule has 310 valence electrons. The number of amides is 3. The van der Waals surface area contributed by atoms with E-state index < -0.39 is 41.5 Å². The third-order valence-electron chi connectivity index (χ3n) is 11.5. The highest BCUT2D eigenvalue weighted by atomic mass is 35.5. The summed E-state index contributed by atoms with van der Waals surface area (Å²) in [6, 6.07) is 3.82. The molecule has 2 saturated heterocycles. The third-order valence-corrected chi connectivity index (χ3v) is 11.8. The van der Waals surface area contributed by atoms with Crippen LogP contribution in [0.5, 0.6) is 11.5 Å². The maximum absolute atomic E-state index is 14.3. The van der Waals surface area contributed by atoms with Crippen LogP contribution in [0, 0.1) is 17.3 Å². The van der Waals surface area contributed by atoms with Gasteiger partial charge in [-0.25, -0.2) is 9.78 Å². The summed E-state index contributed by atoms with van der Waals surface area (Å²) < 4.78 is 30.0. The van der Waals surface area contributed by atoms with Crippen molar-refractivity contribution in [2.75, 3.05) is 44.8 Å². The summed E-state index contributed by atoms with van der Waals surface area (Å²) in [7, 11) is 0. The number of anilines is 1. The summed E-state index contributed by atoms with van der Waals surface area (Å²) in [6.07, 6.45) is 3.09. The fourth-order valence-electron chi connectivity index (χ4n) is 8.27. The van der Waals surface area contributed by atoms with Crippen molar-refractivity contribution in [3.8, 4) is 22.9 Å². The molecule has 7 rings (SSSR count). The van der Waals surface area contributed by atoms with Crippen LogP contribution in [-0.4, -0.2) is 113 Å². The molecule has 0 radical (unpaired) electrons. The number of hydrogen-bond acceptors (Lipinski definition) is 12. The molecule has 2 aromatic heterocycles. The molecule has 1 aromatic carbocycles. The normalized spacial score (nSPS) is 24.9. The average Bonchev–Trinajstić information content (AvgIpc) is 3.45. The van der Waals surface area contributed by atoms with E-state index in [4.69, 9.17) is 45.7 Å². The van der Waals surface area contributed by atoms with Crippen LogP contribution < -0.4 is 25.8 Å². The zero-order valence-corrected chi connectivity index (χ0v) is 34.7. The van der Waals surface area contributed by atoms with Crippen molar-refractivity contribution in [2.45, 2.75) is 110 Å². The number of benzene rings is 1. The second-order valence-corrected chi connectivity index (χ2v) is 18.3. The summed E-state index contributed by atoms with van der Waals surface area (Å²) in [5, 5.41) is 6.86. The van der Waals surface area contributed by atoms with Crippen LogP contribution in [0.25, 0.3) is 22.3 Å². The van der Waals surface area contributed by atoms with Crippen molar-refractivity contribution in [1.82, 2.24) is 25.1 Å². The van der Waals surface area contributed by atoms with E-state index >= 15 is 0 Å². The number of ether oxygens (including phenoxy) is 4. The third kappa shape index (κ3) is 9.20. The van der Waals surface area contributed by atoms with Gasteiger partial charge in [-0.2, -0.15) is 4.98 Å². The zero-order chi connectivity index (χ0) is 40.8. The van der Waals surface area contributed by atoms with Gasteiger partial charge in [-0.1, -0.05) is 32.4 Å². The molecule has 0 spiro atoms. The van der Waals surface area contributed by atoms with E-state index in [1.165, 1.54) is 17.6 Å². The number of pyridine rings is 1. The number of rotatable bonds is 13. The van der Waals surface area contributed by atoms with Crippen molar-refractivity contribution in [1.29, 1.82) is 0 Å². The van der Waals surface area contributed by atoms with Crippen molar-refractivity contribution in [3.05, 3.63) is 29.5 Å². The van der Waals surface area contributed by atoms with Gasteiger partial charge in [-0.05, 0) is 76.3 Å². The van der Waals surface area contributed by atoms with E-state index in [1.54, 1.807) is 12.1 Å². The minimum Gasteiger partial charge on any atom is -0.491 e. The van der Waals surface area contributed by atoms with Gasteiger partial charge in [0.2, 0.25) is 11.8 Å². The van der Waals surface area contributed by atoms with E-state index in [1.807, 2.05) is 40.7 Å². The Morgan fingerprint density at radius 2 is 1.81 bits per heavy atom. The standard InChI is InChI=1S/C41H56ClN7O8/c1-22(2)44-38-46-29(20-55-38)28-18-32(27-8-9-31(33(42)34(27)45-28)54-13-11-48-10-12-53-21-41(48,6)7)56-26-17-30(36(43)50)49(19-26)37(51)35(40(3,4)5)47-39(52)57-25-15-23-14-24(23)16-25/h8-9,18,20,22-26,30,35H,10-17,19,21H2,1-7H3,(H2,43,50)(H,44,46)(H,47,52)/t23-,24+,25?,26-,30+,35-/m1/s1. The number of morpholine rings is 1. The smallest absolute Gasteiger partial charge is 0.408 e. The van der Waals surface area contributed by atoms with E-state index in [9.17, 15) is 14.4 Å². The molecule has 3 aromatic rings. The molecule has 2 aliphatic carbocycles. The van der Waals surface area contributed by atoms with Gasteiger partial charge >= 0.3 is 6.09 Å².